The molecule has 0 spiro atoms. The third-order valence-corrected chi connectivity index (χ3v) is 6.50. The summed E-state index contributed by atoms with van der Waals surface area (Å²) < 4.78 is 5.39. The molecule has 30 heavy (non-hydrogen) atoms. The number of carbonyl (C=O) groups is 1. The van der Waals surface area contributed by atoms with Gasteiger partial charge in [0.2, 0.25) is 5.91 Å². The molecule has 1 saturated heterocycles. The molecule has 0 atom stereocenters. The van der Waals surface area contributed by atoms with Gasteiger partial charge in [-0.15, -0.1) is 0 Å². The highest BCUT2D eigenvalue weighted by atomic mass is 16.4. The molecular formula is C24H33N3O3. The Hall–Kier alpha value is -2.18. The van der Waals surface area contributed by atoms with E-state index in [1.54, 1.807) is 6.07 Å². The van der Waals surface area contributed by atoms with Crippen molar-refractivity contribution in [3.8, 4) is 0 Å². The number of aryl methyl sites for hydroxylation is 1. The number of nitrogens with one attached hydrogen (secondary N) is 1. The molecule has 0 radical (unpaired) electrons. The minimum Gasteiger partial charge on any atom is -0.423 e. The highest BCUT2D eigenvalue weighted by Gasteiger charge is 2.22. The van der Waals surface area contributed by atoms with E-state index in [9.17, 15) is 9.59 Å². The van der Waals surface area contributed by atoms with E-state index in [0.717, 1.165) is 62.9 Å². The van der Waals surface area contributed by atoms with Crippen molar-refractivity contribution in [2.75, 3.05) is 32.7 Å². The van der Waals surface area contributed by atoms with Gasteiger partial charge in [0.25, 0.3) is 0 Å². The molecule has 1 aromatic carbocycles. The highest BCUT2D eigenvalue weighted by molar-refractivity contribution is 5.81. The molecule has 2 aliphatic rings. The van der Waals surface area contributed by atoms with E-state index in [0.29, 0.717) is 18.2 Å². The Morgan fingerprint density at radius 2 is 1.80 bits per heavy atom. The van der Waals surface area contributed by atoms with Gasteiger partial charge in [0.15, 0.2) is 0 Å². The second-order valence-corrected chi connectivity index (χ2v) is 8.73. The molecule has 6 heteroatoms. The fourth-order valence-electron chi connectivity index (χ4n) is 4.70. The fraction of sp³-hybridized carbons (Fsp3) is 0.583. The second kappa shape index (κ2) is 9.75. The zero-order valence-electron chi connectivity index (χ0n) is 18.0. The maximum Gasteiger partial charge on any atom is 0.336 e. The van der Waals surface area contributed by atoms with Crippen LogP contribution in [0.1, 0.15) is 50.2 Å². The average Bonchev–Trinajstić information content (AvgIpc) is 2.75. The molecule has 1 aliphatic carbocycles. The molecule has 1 amide bonds. The lowest BCUT2D eigenvalue weighted by Gasteiger charge is -2.34. The molecule has 1 N–H and O–H groups in total. The third kappa shape index (κ3) is 5.29. The van der Waals surface area contributed by atoms with E-state index in [-0.39, 0.29) is 11.5 Å². The summed E-state index contributed by atoms with van der Waals surface area (Å²) in [5, 5.41) is 4.25. The largest absolute Gasteiger partial charge is 0.423 e. The van der Waals surface area contributed by atoms with Crippen LogP contribution in [0.5, 0.6) is 0 Å². The predicted molar refractivity (Wildman–Crippen MR) is 119 cm³/mol. The van der Waals surface area contributed by atoms with Crippen LogP contribution in [0.15, 0.2) is 33.5 Å². The van der Waals surface area contributed by atoms with Crippen molar-refractivity contribution >= 4 is 16.9 Å². The standard InChI is InChI=1S/C24H33N3O3/c1-2-18-8-9-22-21(14-18)19(15-24(29)30-22)16-26-10-12-27(13-11-26)17-23(28)25-20-6-4-3-5-7-20/h8-9,14-15,20H,2-7,10-13,16-17H2,1H3,(H,25,28). The zero-order valence-corrected chi connectivity index (χ0v) is 18.0. The van der Waals surface area contributed by atoms with Crippen LogP contribution in [0, 0.1) is 0 Å². The van der Waals surface area contributed by atoms with Crippen LogP contribution >= 0.6 is 0 Å². The first-order valence-electron chi connectivity index (χ1n) is 11.4. The first-order valence-corrected chi connectivity index (χ1v) is 11.4. The summed E-state index contributed by atoms with van der Waals surface area (Å²) in [4.78, 5) is 29.0. The Bertz CT molecular complexity index is 925. The van der Waals surface area contributed by atoms with Gasteiger partial charge in [-0.05, 0) is 42.5 Å². The Kier molecular flexibility index (Phi) is 6.85. The first-order chi connectivity index (χ1) is 14.6. The number of fused-ring (bicyclic) bond motifs is 1. The van der Waals surface area contributed by atoms with Crippen molar-refractivity contribution in [2.45, 2.75) is 58.0 Å². The summed E-state index contributed by atoms with van der Waals surface area (Å²) in [7, 11) is 0. The van der Waals surface area contributed by atoms with Crippen molar-refractivity contribution in [1.82, 2.24) is 15.1 Å². The van der Waals surface area contributed by atoms with E-state index in [1.165, 1.54) is 24.8 Å². The van der Waals surface area contributed by atoms with Crippen LogP contribution < -0.4 is 10.9 Å². The Labute approximate surface area is 178 Å². The van der Waals surface area contributed by atoms with Crippen molar-refractivity contribution in [1.29, 1.82) is 0 Å². The quantitative estimate of drug-likeness (QED) is 0.741. The van der Waals surface area contributed by atoms with Crippen molar-refractivity contribution < 1.29 is 9.21 Å². The lowest BCUT2D eigenvalue weighted by atomic mass is 9.95. The van der Waals surface area contributed by atoms with Crippen LogP contribution in [-0.4, -0.2) is 54.5 Å². The van der Waals surface area contributed by atoms with Crippen molar-refractivity contribution in [2.24, 2.45) is 0 Å². The smallest absolute Gasteiger partial charge is 0.336 e. The molecule has 0 bridgehead atoms. The molecule has 2 heterocycles. The van der Waals surface area contributed by atoms with Crippen LogP contribution in [0.25, 0.3) is 11.0 Å². The molecule has 2 aromatic rings. The number of hydrogen-bond donors (Lipinski definition) is 1. The summed E-state index contributed by atoms with van der Waals surface area (Å²) in [6, 6.07) is 8.07. The molecule has 6 nitrogen and oxygen atoms in total. The Morgan fingerprint density at radius 3 is 2.53 bits per heavy atom. The molecule has 2 fully saturated rings. The molecule has 1 saturated carbocycles. The highest BCUT2D eigenvalue weighted by Crippen LogP contribution is 2.21. The van der Waals surface area contributed by atoms with Gasteiger partial charge in [-0.2, -0.15) is 0 Å². The van der Waals surface area contributed by atoms with Crippen LogP contribution in [0.4, 0.5) is 0 Å². The second-order valence-electron chi connectivity index (χ2n) is 8.73. The predicted octanol–water partition coefficient (Wildman–Crippen LogP) is 2.92. The van der Waals surface area contributed by atoms with Gasteiger partial charge in [0.1, 0.15) is 5.58 Å². The van der Waals surface area contributed by atoms with Gasteiger partial charge in [-0.25, -0.2) is 4.79 Å². The molecule has 1 aromatic heterocycles. The van der Waals surface area contributed by atoms with Gasteiger partial charge in [0.05, 0.1) is 6.54 Å². The summed E-state index contributed by atoms with van der Waals surface area (Å²) >= 11 is 0. The maximum absolute atomic E-state index is 12.4. The normalized spacial score (nSPS) is 19.2. The van der Waals surface area contributed by atoms with Gasteiger partial charge >= 0.3 is 5.63 Å². The molecule has 1 aliphatic heterocycles. The van der Waals surface area contributed by atoms with Crippen LogP contribution in [-0.2, 0) is 17.8 Å². The SMILES string of the molecule is CCc1ccc2oc(=O)cc(CN3CCN(CC(=O)NC4CCCCC4)CC3)c2c1. The monoisotopic (exact) mass is 411 g/mol. The summed E-state index contributed by atoms with van der Waals surface area (Å²) in [5.74, 6) is 0.161. The number of hydrogen-bond acceptors (Lipinski definition) is 5. The fourth-order valence-corrected chi connectivity index (χ4v) is 4.70. The maximum atomic E-state index is 12.4. The third-order valence-electron chi connectivity index (χ3n) is 6.50. The molecular weight excluding hydrogens is 378 g/mol. The van der Waals surface area contributed by atoms with E-state index in [1.807, 2.05) is 12.1 Å². The number of carbonyl (C=O) groups excluding carboxylic acids is 1. The van der Waals surface area contributed by atoms with Crippen molar-refractivity contribution in [3.05, 3.63) is 45.8 Å². The van der Waals surface area contributed by atoms with E-state index in [4.69, 9.17) is 4.42 Å². The van der Waals surface area contributed by atoms with E-state index < -0.39 is 0 Å². The molecule has 4 rings (SSSR count). The Balaban J connectivity index is 1.32. The molecule has 0 unspecified atom stereocenters. The minimum atomic E-state index is -0.292. The number of rotatable bonds is 6. The van der Waals surface area contributed by atoms with Gasteiger partial charge in [0, 0.05) is 50.2 Å². The van der Waals surface area contributed by atoms with Gasteiger partial charge < -0.3 is 9.73 Å². The van der Waals surface area contributed by atoms with E-state index >= 15 is 0 Å². The minimum absolute atomic E-state index is 0.161. The lowest BCUT2D eigenvalue weighted by Crippen LogP contribution is -2.50. The van der Waals surface area contributed by atoms with Crippen LogP contribution in [0.2, 0.25) is 0 Å². The zero-order chi connectivity index (χ0) is 20.9. The number of nitrogens with zero attached hydrogens (tertiary/aromatic N) is 2. The number of piperazine rings is 1. The summed E-state index contributed by atoms with van der Waals surface area (Å²) in [6.45, 7) is 6.89. The van der Waals surface area contributed by atoms with Crippen LogP contribution in [0.3, 0.4) is 0 Å². The summed E-state index contributed by atoms with van der Waals surface area (Å²) in [6.07, 6.45) is 6.96. The van der Waals surface area contributed by atoms with Gasteiger partial charge in [-0.3, -0.25) is 14.6 Å². The van der Waals surface area contributed by atoms with Gasteiger partial charge in [-0.1, -0.05) is 32.3 Å². The van der Waals surface area contributed by atoms with E-state index in [2.05, 4.69) is 28.1 Å². The topological polar surface area (TPSA) is 65.8 Å². The number of benzene rings is 1. The molecule has 162 valence electrons. The summed E-state index contributed by atoms with van der Waals surface area (Å²) in [5.41, 5.74) is 2.64. The van der Waals surface area contributed by atoms with Crippen molar-refractivity contribution in [3.63, 3.8) is 0 Å². The number of amides is 1. The first kappa shape index (κ1) is 21.1. The lowest BCUT2D eigenvalue weighted by molar-refractivity contribution is -0.123. The Morgan fingerprint density at radius 1 is 1.07 bits per heavy atom. The average molecular weight is 412 g/mol.